The van der Waals surface area contributed by atoms with Crippen LogP contribution >= 0.6 is 0 Å². The average molecular weight is 355 g/mol. The van der Waals surface area contributed by atoms with Crippen molar-refractivity contribution in [3.63, 3.8) is 0 Å². The molecule has 1 aromatic carbocycles. The first-order valence-electron chi connectivity index (χ1n) is 8.78. The SMILES string of the molecule is CCOc1ccc(C(C)=O)cc1N1C(=O)[C@@H]2[C@H](C1=O)[C@]1(C)C=C[C@]2(C)O1. The molecule has 4 atom stereocenters. The summed E-state index contributed by atoms with van der Waals surface area (Å²) in [7, 11) is 0. The van der Waals surface area contributed by atoms with Gasteiger partial charge in [-0.05, 0) is 45.9 Å². The lowest BCUT2D eigenvalue weighted by Gasteiger charge is -2.26. The van der Waals surface area contributed by atoms with Crippen LogP contribution in [0.1, 0.15) is 38.1 Å². The fourth-order valence-electron chi connectivity index (χ4n) is 4.46. The third-order valence-corrected chi connectivity index (χ3v) is 5.63. The molecule has 0 aliphatic carbocycles. The van der Waals surface area contributed by atoms with E-state index in [1.54, 1.807) is 18.2 Å². The topological polar surface area (TPSA) is 72.9 Å². The van der Waals surface area contributed by atoms with Gasteiger partial charge in [-0.2, -0.15) is 0 Å². The van der Waals surface area contributed by atoms with E-state index < -0.39 is 23.0 Å². The van der Waals surface area contributed by atoms with Crippen LogP contribution < -0.4 is 9.64 Å². The van der Waals surface area contributed by atoms with Crippen LogP contribution in [0.2, 0.25) is 0 Å². The summed E-state index contributed by atoms with van der Waals surface area (Å²) in [6.07, 6.45) is 3.75. The fraction of sp³-hybridized carbons (Fsp3) is 0.450. The van der Waals surface area contributed by atoms with Crippen LogP contribution in [-0.2, 0) is 14.3 Å². The van der Waals surface area contributed by atoms with Crippen molar-refractivity contribution in [2.24, 2.45) is 11.8 Å². The summed E-state index contributed by atoms with van der Waals surface area (Å²) in [6, 6.07) is 4.84. The molecule has 0 aromatic heterocycles. The number of ether oxygens (including phenoxy) is 2. The normalized spacial score (nSPS) is 34.5. The molecule has 6 nitrogen and oxygen atoms in total. The molecule has 3 aliphatic rings. The van der Waals surface area contributed by atoms with Gasteiger partial charge in [-0.3, -0.25) is 14.4 Å². The van der Waals surface area contributed by atoms with Gasteiger partial charge >= 0.3 is 0 Å². The molecule has 0 unspecified atom stereocenters. The van der Waals surface area contributed by atoms with Crippen LogP contribution in [0.4, 0.5) is 5.69 Å². The number of carbonyl (C=O) groups is 3. The Hall–Kier alpha value is -2.47. The van der Waals surface area contributed by atoms with Gasteiger partial charge in [0.25, 0.3) is 0 Å². The predicted octanol–water partition coefficient (Wildman–Crippen LogP) is 2.51. The van der Waals surface area contributed by atoms with Gasteiger partial charge in [-0.15, -0.1) is 0 Å². The quantitative estimate of drug-likeness (QED) is 0.471. The lowest BCUT2D eigenvalue weighted by molar-refractivity contribution is -0.128. The van der Waals surface area contributed by atoms with Gasteiger partial charge in [0.2, 0.25) is 11.8 Å². The molecular weight excluding hydrogens is 334 g/mol. The van der Waals surface area contributed by atoms with E-state index in [0.29, 0.717) is 23.6 Å². The Morgan fingerprint density at radius 2 is 1.73 bits per heavy atom. The van der Waals surface area contributed by atoms with E-state index in [4.69, 9.17) is 9.47 Å². The molecule has 3 aliphatic heterocycles. The number of ketones is 1. The summed E-state index contributed by atoms with van der Waals surface area (Å²) < 4.78 is 11.6. The van der Waals surface area contributed by atoms with Gasteiger partial charge in [0.15, 0.2) is 5.78 Å². The number of hydrogen-bond donors (Lipinski definition) is 0. The van der Waals surface area contributed by atoms with E-state index >= 15 is 0 Å². The summed E-state index contributed by atoms with van der Waals surface area (Å²) in [6.45, 7) is 7.33. The monoisotopic (exact) mass is 355 g/mol. The lowest BCUT2D eigenvalue weighted by atomic mass is 9.73. The van der Waals surface area contributed by atoms with Crippen LogP contribution in [0, 0.1) is 11.8 Å². The molecule has 0 radical (unpaired) electrons. The summed E-state index contributed by atoms with van der Waals surface area (Å²) >= 11 is 0. The molecule has 136 valence electrons. The van der Waals surface area contributed by atoms with Crippen molar-refractivity contribution in [3.8, 4) is 5.75 Å². The van der Waals surface area contributed by atoms with Crippen LogP contribution in [0.3, 0.4) is 0 Å². The van der Waals surface area contributed by atoms with Crippen LogP contribution in [0.5, 0.6) is 5.75 Å². The van der Waals surface area contributed by atoms with Crippen molar-refractivity contribution < 1.29 is 23.9 Å². The second-order valence-corrected chi connectivity index (χ2v) is 7.44. The molecule has 2 fully saturated rings. The highest BCUT2D eigenvalue weighted by molar-refractivity contribution is 6.24. The Bertz CT molecular complexity index is 839. The minimum atomic E-state index is -0.787. The summed E-state index contributed by atoms with van der Waals surface area (Å²) in [4.78, 5) is 39.4. The van der Waals surface area contributed by atoms with Crippen LogP contribution in [-0.4, -0.2) is 35.4 Å². The van der Waals surface area contributed by atoms with E-state index in [0.717, 1.165) is 0 Å². The second kappa shape index (κ2) is 5.27. The maximum Gasteiger partial charge on any atom is 0.241 e. The first kappa shape index (κ1) is 17.0. The van der Waals surface area contributed by atoms with Gasteiger partial charge in [0.05, 0.1) is 35.3 Å². The Balaban J connectivity index is 1.83. The number of benzene rings is 1. The first-order chi connectivity index (χ1) is 12.2. The summed E-state index contributed by atoms with van der Waals surface area (Å²) in [5.41, 5.74) is -0.818. The Kier molecular flexibility index (Phi) is 3.44. The predicted molar refractivity (Wildman–Crippen MR) is 94.1 cm³/mol. The zero-order chi connectivity index (χ0) is 18.9. The van der Waals surface area contributed by atoms with Crippen LogP contribution in [0.15, 0.2) is 30.4 Å². The van der Waals surface area contributed by atoms with Crippen molar-refractivity contribution in [3.05, 3.63) is 35.9 Å². The standard InChI is InChI=1S/C20H21NO5/c1-5-25-14-7-6-12(11(2)22)10-13(14)21-17(23)15-16(18(21)24)20(4)9-8-19(15,3)26-20/h6-10,15-16H,5H2,1-4H3/t15-,16+,19-,20-/m0/s1. The molecule has 3 heterocycles. The number of Topliss-reactive ketones (excluding diaryl/α,β-unsaturated/α-hetero) is 1. The molecule has 2 amide bonds. The number of hydrogen-bond acceptors (Lipinski definition) is 5. The Morgan fingerprint density at radius 3 is 2.23 bits per heavy atom. The maximum atomic E-state index is 13.2. The number of imide groups is 1. The highest BCUT2D eigenvalue weighted by Gasteiger charge is 2.70. The number of fused-ring (bicyclic) bond motifs is 5. The van der Waals surface area contributed by atoms with Gasteiger partial charge < -0.3 is 9.47 Å². The molecule has 1 aromatic rings. The summed E-state index contributed by atoms with van der Waals surface area (Å²) in [5, 5.41) is 0. The molecule has 4 rings (SSSR count). The first-order valence-corrected chi connectivity index (χ1v) is 8.78. The molecule has 0 N–H and O–H groups in total. The maximum absolute atomic E-state index is 13.2. The number of carbonyl (C=O) groups excluding carboxylic acids is 3. The minimum Gasteiger partial charge on any atom is -0.492 e. The molecule has 0 spiro atoms. The number of anilines is 1. The second-order valence-electron chi connectivity index (χ2n) is 7.44. The van der Waals surface area contributed by atoms with Gasteiger partial charge in [0.1, 0.15) is 5.75 Å². The van der Waals surface area contributed by atoms with E-state index in [2.05, 4.69) is 0 Å². The number of rotatable bonds is 4. The smallest absolute Gasteiger partial charge is 0.241 e. The molecule has 2 bridgehead atoms. The van der Waals surface area contributed by atoms with Crippen molar-refractivity contribution >= 4 is 23.3 Å². The average Bonchev–Trinajstić information content (AvgIpc) is 3.12. The molecule has 26 heavy (non-hydrogen) atoms. The Morgan fingerprint density at radius 1 is 1.15 bits per heavy atom. The number of nitrogens with zero attached hydrogens (tertiary/aromatic N) is 1. The zero-order valence-electron chi connectivity index (χ0n) is 15.2. The largest absolute Gasteiger partial charge is 0.492 e. The molecule has 0 saturated carbocycles. The van der Waals surface area contributed by atoms with Gasteiger partial charge in [-0.25, -0.2) is 4.90 Å². The Labute approximate surface area is 151 Å². The van der Waals surface area contributed by atoms with E-state index in [-0.39, 0.29) is 17.6 Å². The molecular formula is C20H21NO5. The van der Waals surface area contributed by atoms with E-state index in [1.807, 2.05) is 32.9 Å². The van der Waals surface area contributed by atoms with Gasteiger partial charge in [-0.1, -0.05) is 12.2 Å². The highest BCUT2D eigenvalue weighted by Crippen LogP contribution is 2.58. The minimum absolute atomic E-state index is 0.141. The van der Waals surface area contributed by atoms with Crippen molar-refractivity contribution in [2.45, 2.75) is 38.9 Å². The van der Waals surface area contributed by atoms with E-state index in [1.165, 1.54) is 11.8 Å². The van der Waals surface area contributed by atoms with Crippen LogP contribution in [0.25, 0.3) is 0 Å². The number of amides is 2. The van der Waals surface area contributed by atoms with Crippen molar-refractivity contribution in [1.29, 1.82) is 0 Å². The fourth-order valence-corrected chi connectivity index (χ4v) is 4.46. The van der Waals surface area contributed by atoms with Gasteiger partial charge in [0, 0.05) is 5.56 Å². The lowest BCUT2D eigenvalue weighted by Crippen LogP contribution is -2.39. The van der Waals surface area contributed by atoms with E-state index in [9.17, 15) is 14.4 Å². The van der Waals surface area contributed by atoms with Crippen molar-refractivity contribution in [1.82, 2.24) is 0 Å². The molecule has 2 saturated heterocycles. The highest BCUT2D eigenvalue weighted by atomic mass is 16.5. The zero-order valence-corrected chi connectivity index (χ0v) is 15.2. The molecule has 6 heteroatoms. The third kappa shape index (κ3) is 2.05. The third-order valence-electron chi connectivity index (χ3n) is 5.63. The van der Waals surface area contributed by atoms with Crippen molar-refractivity contribution in [2.75, 3.05) is 11.5 Å². The summed E-state index contributed by atoms with van der Waals surface area (Å²) in [5.74, 6) is -1.48.